The van der Waals surface area contributed by atoms with Gasteiger partial charge in [0.05, 0.1) is 12.0 Å². The van der Waals surface area contributed by atoms with E-state index < -0.39 is 0 Å². The molecule has 0 bridgehead atoms. The van der Waals surface area contributed by atoms with Crippen LogP contribution in [0.2, 0.25) is 0 Å². The first-order chi connectivity index (χ1) is 7.26. The van der Waals surface area contributed by atoms with Crippen LogP contribution in [-0.2, 0) is 13.6 Å². The summed E-state index contributed by atoms with van der Waals surface area (Å²) in [5, 5.41) is 3.56. The Balaban J connectivity index is 1.73. The van der Waals surface area contributed by atoms with Gasteiger partial charge in [0.15, 0.2) is 0 Å². The number of nitrogens with one attached hydrogen (secondary N) is 1. The molecule has 1 N–H and O–H groups in total. The third-order valence-corrected chi connectivity index (χ3v) is 3.46. The molecule has 1 aromatic rings. The normalized spacial score (nSPS) is 18.0. The number of hydrogen-bond acceptors (Lipinski definition) is 2. The van der Waals surface area contributed by atoms with Crippen molar-refractivity contribution < 1.29 is 0 Å². The summed E-state index contributed by atoms with van der Waals surface area (Å²) in [5.41, 5.74) is 1.91. The van der Waals surface area contributed by atoms with E-state index in [2.05, 4.69) is 21.8 Å². The minimum Gasteiger partial charge on any atom is -0.337 e. The second-order valence-corrected chi connectivity index (χ2v) is 4.85. The first kappa shape index (κ1) is 10.7. The van der Waals surface area contributed by atoms with Gasteiger partial charge in [-0.05, 0) is 24.7 Å². The Kier molecular flexibility index (Phi) is 3.10. The van der Waals surface area contributed by atoms with E-state index in [0.29, 0.717) is 5.41 Å². The van der Waals surface area contributed by atoms with Crippen LogP contribution in [0.25, 0.3) is 0 Å². The summed E-state index contributed by atoms with van der Waals surface area (Å²) in [5.74, 6) is 0. The van der Waals surface area contributed by atoms with Crippen molar-refractivity contribution in [3.63, 3.8) is 0 Å². The zero-order chi connectivity index (χ0) is 10.7. The molecule has 0 aromatic carbocycles. The molecule has 0 aliphatic heterocycles. The average Bonchev–Trinajstić information content (AvgIpc) is 2.85. The van der Waals surface area contributed by atoms with Gasteiger partial charge in [0.25, 0.3) is 0 Å². The van der Waals surface area contributed by atoms with Gasteiger partial charge in [-0.1, -0.05) is 13.3 Å². The SMILES string of the molecule is CCCC1(CNCc2cncn2C)CC1. The van der Waals surface area contributed by atoms with Crippen LogP contribution >= 0.6 is 0 Å². The topological polar surface area (TPSA) is 29.9 Å². The van der Waals surface area contributed by atoms with Crippen molar-refractivity contribution in [2.24, 2.45) is 12.5 Å². The minimum atomic E-state index is 0.646. The summed E-state index contributed by atoms with van der Waals surface area (Å²) in [6.45, 7) is 4.40. The summed E-state index contributed by atoms with van der Waals surface area (Å²) in [6, 6.07) is 0. The maximum absolute atomic E-state index is 4.11. The molecule has 1 aliphatic rings. The monoisotopic (exact) mass is 207 g/mol. The van der Waals surface area contributed by atoms with E-state index in [1.165, 1.54) is 37.9 Å². The van der Waals surface area contributed by atoms with Gasteiger partial charge >= 0.3 is 0 Å². The molecule has 3 heteroatoms. The summed E-state index contributed by atoms with van der Waals surface area (Å²) in [4.78, 5) is 4.11. The lowest BCUT2D eigenvalue weighted by Gasteiger charge is -2.14. The van der Waals surface area contributed by atoms with E-state index in [1.807, 2.05) is 19.6 Å². The second kappa shape index (κ2) is 4.35. The van der Waals surface area contributed by atoms with Crippen LogP contribution in [0.4, 0.5) is 0 Å². The summed E-state index contributed by atoms with van der Waals surface area (Å²) in [7, 11) is 2.04. The Morgan fingerprint density at radius 1 is 1.53 bits per heavy atom. The van der Waals surface area contributed by atoms with Gasteiger partial charge in [-0.15, -0.1) is 0 Å². The third kappa shape index (κ3) is 2.59. The fourth-order valence-electron chi connectivity index (χ4n) is 2.23. The number of nitrogens with zero attached hydrogens (tertiary/aromatic N) is 2. The highest BCUT2D eigenvalue weighted by Gasteiger charge is 2.40. The summed E-state index contributed by atoms with van der Waals surface area (Å²) in [6.07, 6.45) is 9.32. The smallest absolute Gasteiger partial charge is 0.0945 e. The van der Waals surface area contributed by atoms with Crippen LogP contribution in [0.5, 0.6) is 0 Å². The minimum absolute atomic E-state index is 0.646. The van der Waals surface area contributed by atoms with E-state index in [4.69, 9.17) is 0 Å². The fourth-order valence-corrected chi connectivity index (χ4v) is 2.23. The van der Waals surface area contributed by atoms with Crippen molar-refractivity contribution >= 4 is 0 Å². The largest absolute Gasteiger partial charge is 0.337 e. The molecular weight excluding hydrogens is 186 g/mol. The first-order valence-electron chi connectivity index (χ1n) is 5.92. The van der Waals surface area contributed by atoms with E-state index in [-0.39, 0.29) is 0 Å². The molecule has 1 aliphatic carbocycles. The molecule has 15 heavy (non-hydrogen) atoms. The zero-order valence-corrected chi connectivity index (χ0v) is 9.79. The maximum Gasteiger partial charge on any atom is 0.0945 e. The Labute approximate surface area is 91.9 Å². The molecule has 0 unspecified atom stereocenters. The van der Waals surface area contributed by atoms with Crippen LogP contribution in [0, 0.1) is 5.41 Å². The van der Waals surface area contributed by atoms with Gasteiger partial charge in [-0.3, -0.25) is 0 Å². The molecular formula is C12H21N3. The lowest BCUT2D eigenvalue weighted by atomic mass is 10.0. The van der Waals surface area contributed by atoms with Crippen LogP contribution < -0.4 is 5.32 Å². The van der Waals surface area contributed by atoms with Gasteiger partial charge < -0.3 is 9.88 Å². The molecule has 0 atom stereocenters. The molecule has 1 saturated carbocycles. The third-order valence-electron chi connectivity index (χ3n) is 3.46. The zero-order valence-electron chi connectivity index (χ0n) is 9.79. The van der Waals surface area contributed by atoms with Crippen molar-refractivity contribution in [3.05, 3.63) is 18.2 Å². The van der Waals surface area contributed by atoms with Crippen molar-refractivity contribution in [1.29, 1.82) is 0 Å². The molecule has 2 rings (SSSR count). The van der Waals surface area contributed by atoms with E-state index in [1.54, 1.807) is 0 Å². The molecule has 1 heterocycles. The summed E-state index contributed by atoms with van der Waals surface area (Å²) < 4.78 is 2.08. The van der Waals surface area contributed by atoms with Gasteiger partial charge in [0, 0.05) is 26.3 Å². The number of rotatable bonds is 6. The highest BCUT2D eigenvalue weighted by molar-refractivity contribution is 4.99. The maximum atomic E-state index is 4.11. The van der Waals surface area contributed by atoms with Gasteiger partial charge in [-0.25, -0.2) is 4.98 Å². The second-order valence-electron chi connectivity index (χ2n) is 4.85. The van der Waals surface area contributed by atoms with Crippen LogP contribution in [0.1, 0.15) is 38.3 Å². The highest BCUT2D eigenvalue weighted by atomic mass is 15.0. The van der Waals surface area contributed by atoms with E-state index in [0.717, 1.165) is 6.54 Å². The number of aryl methyl sites for hydroxylation is 1. The molecule has 0 radical (unpaired) electrons. The first-order valence-corrected chi connectivity index (χ1v) is 5.92. The van der Waals surface area contributed by atoms with Crippen molar-refractivity contribution in [1.82, 2.24) is 14.9 Å². The van der Waals surface area contributed by atoms with Crippen molar-refractivity contribution in [3.8, 4) is 0 Å². The number of hydrogen-bond donors (Lipinski definition) is 1. The summed E-state index contributed by atoms with van der Waals surface area (Å²) >= 11 is 0. The predicted molar refractivity (Wildman–Crippen MR) is 61.5 cm³/mol. The fraction of sp³-hybridized carbons (Fsp3) is 0.750. The molecule has 3 nitrogen and oxygen atoms in total. The van der Waals surface area contributed by atoms with E-state index in [9.17, 15) is 0 Å². The lowest BCUT2D eigenvalue weighted by Crippen LogP contribution is -2.24. The van der Waals surface area contributed by atoms with Crippen LogP contribution in [0.15, 0.2) is 12.5 Å². The van der Waals surface area contributed by atoms with Crippen molar-refractivity contribution in [2.45, 2.75) is 39.2 Å². The van der Waals surface area contributed by atoms with Crippen LogP contribution in [-0.4, -0.2) is 16.1 Å². The lowest BCUT2D eigenvalue weighted by molar-refractivity contribution is 0.418. The molecule has 1 fully saturated rings. The molecule has 0 amide bonds. The Morgan fingerprint density at radius 2 is 2.33 bits per heavy atom. The molecule has 0 spiro atoms. The Hall–Kier alpha value is -0.830. The molecule has 0 saturated heterocycles. The predicted octanol–water partition coefficient (Wildman–Crippen LogP) is 2.09. The highest BCUT2D eigenvalue weighted by Crippen LogP contribution is 2.48. The standard InChI is InChI=1S/C12H21N3/c1-3-4-12(5-6-12)9-13-7-11-8-14-10-15(11)2/h8,10,13H,3-7,9H2,1-2H3. The van der Waals surface area contributed by atoms with Gasteiger partial charge in [0.1, 0.15) is 0 Å². The number of aromatic nitrogens is 2. The Morgan fingerprint density at radius 3 is 2.87 bits per heavy atom. The van der Waals surface area contributed by atoms with Gasteiger partial charge in [0.2, 0.25) is 0 Å². The van der Waals surface area contributed by atoms with Crippen molar-refractivity contribution in [2.75, 3.05) is 6.54 Å². The molecule has 1 aromatic heterocycles. The van der Waals surface area contributed by atoms with Crippen LogP contribution in [0.3, 0.4) is 0 Å². The average molecular weight is 207 g/mol. The number of imidazole rings is 1. The molecule has 84 valence electrons. The Bertz CT molecular complexity index is 312. The van der Waals surface area contributed by atoms with E-state index >= 15 is 0 Å². The van der Waals surface area contributed by atoms with Gasteiger partial charge in [-0.2, -0.15) is 0 Å². The quantitative estimate of drug-likeness (QED) is 0.774.